The predicted molar refractivity (Wildman–Crippen MR) is 82.6 cm³/mol. The third kappa shape index (κ3) is 6.46. The van der Waals surface area contributed by atoms with E-state index in [0.717, 1.165) is 12.3 Å². The molecule has 118 valence electrons. The average Bonchev–Trinajstić information content (AvgIpc) is 2.34. The highest BCUT2D eigenvalue weighted by atomic mass is 32.2. The lowest BCUT2D eigenvalue weighted by Gasteiger charge is -2.08. The molecule has 0 aliphatic heterocycles. The minimum absolute atomic E-state index is 0.0363. The van der Waals surface area contributed by atoms with Crippen molar-refractivity contribution in [3.63, 3.8) is 0 Å². The normalized spacial score (nSPS) is 12.3. The van der Waals surface area contributed by atoms with E-state index in [1.165, 1.54) is 12.1 Å². The fourth-order valence-corrected chi connectivity index (χ4v) is 4.10. The third-order valence-corrected chi connectivity index (χ3v) is 5.31. The lowest BCUT2D eigenvalue weighted by Crippen LogP contribution is -2.29. The largest absolute Gasteiger partial charge is 0.389 e. The topological polar surface area (TPSA) is 106 Å². The molecule has 0 saturated carbocycles. The van der Waals surface area contributed by atoms with Crippen molar-refractivity contribution >= 4 is 37.1 Å². The molecule has 1 rings (SSSR count). The van der Waals surface area contributed by atoms with E-state index in [1.54, 1.807) is 0 Å². The first kappa shape index (κ1) is 18.0. The van der Waals surface area contributed by atoms with Crippen LogP contribution in [0, 0.1) is 5.82 Å². The number of hydrogen-bond acceptors (Lipinski definition) is 5. The Morgan fingerprint density at radius 1 is 1.29 bits per heavy atom. The van der Waals surface area contributed by atoms with Gasteiger partial charge in [-0.15, -0.1) is 0 Å². The van der Waals surface area contributed by atoms with Crippen molar-refractivity contribution in [3.05, 3.63) is 35.1 Å². The van der Waals surface area contributed by atoms with Gasteiger partial charge in [0.05, 0.1) is 11.5 Å². The van der Waals surface area contributed by atoms with E-state index in [4.69, 9.17) is 18.0 Å². The van der Waals surface area contributed by atoms with Gasteiger partial charge < -0.3 is 5.73 Å². The number of hydrogen-bond donors (Lipinski definition) is 2. The Morgan fingerprint density at radius 2 is 1.90 bits per heavy atom. The van der Waals surface area contributed by atoms with E-state index < -0.39 is 37.2 Å². The van der Waals surface area contributed by atoms with Crippen LogP contribution >= 0.6 is 12.2 Å². The molecule has 0 aliphatic rings. The van der Waals surface area contributed by atoms with Gasteiger partial charge in [-0.3, -0.25) is 0 Å². The van der Waals surface area contributed by atoms with Crippen LogP contribution in [0.15, 0.2) is 18.2 Å². The van der Waals surface area contributed by atoms with Gasteiger partial charge in [0.15, 0.2) is 0 Å². The minimum Gasteiger partial charge on any atom is -0.389 e. The van der Waals surface area contributed by atoms with Crippen LogP contribution in [0.4, 0.5) is 4.39 Å². The van der Waals surface area contributed by atoms with Crippen molar-refractivity contribution in [2.75, 3.05) is 17.8 Å². The quantitative estimate of drug-likeness (QED) is 0.664. The van der Waals surface area contributed by atoms with Gasteiger partial charge >= 0.3 is 0 Å². The van der Waals surface area contributed by atoms with Gasteiger partial charge in [0.2, 0.25) is 10.0 Å². The summed E-state index contributed by atoms with van der Waals surface area (Å²) in [7, 11) is -7.19. The maximum Gasteiger partial charge on any atom is 0.212 e. The van der Waals surface area contributed by atoms with Crippen LogP contribution in [0.5, 0.6) is 0 Å². The van der Waals surface area contributed by atoms with Crippen molar-refractivity contribution in [2.24, 2.45) is 5.73 Å². The molecule has 0 spiro atoms. The number of benzene rings is 1. The maximum absolute atomic E-state index is 13.7. The second-order valence-electron chi connectivity index (χ2n) is 4.44. The summed E-state index contributed by atoms with van der Waals surface area (Å²) in [6.45, 7) is -0.282. The Kier molecular flexibility index (Phi) is 5.79. The van der Waals surface area contributed by atoms with Crippen LogP contribution in [-0.2, 0) is 26.4 Å². The average molecular weight is 354 g/mol. The molecule has 0 fully saturated rings. The van der Waals surface area contributed by atoms with E-state index in [-0.39, 0.29) is 17.1 Å². The number of nitrogens with two attached hydrogens (primary N) is 1. The highest BCUT2D eigenvalue weighted by Gasteiger charge is 2.15. The molecular formula is C11H15FN2O4S3. The Hall–Kier alpha value is -1.10. The molecule has 6 nitrogen and oxygen atoms in total. The Morgan fingerprint density at radius 3 is 2.38 bits per heavy atom. The van der Waals surface area contributed by atoms with Gasteiger partial charge in [0.25, 0.3) is 0 Å². The zero-order valence-electron chi connectivity index (χ0n) is 11.2. The maximum atomic E-state index is 13.7. The van der Waals surface area contributed by atoms with Gasteiger partial charge in [-0.05, 0) is 6.07 Å². The predicted octanol–water partition coefficient (Wildman–Crippen LogP) is -0.0761. The van der Waals surface area contributed by atoms with Crippen LogP contribution in [0.25, 0.3) is 0 Å². The standard InChI is InChI=1S/C11H15FN2O4S3/c1-20(15,16)4-5-21(17,18)14-7-9-3-2-8(11(13)19)6-10(9)12/h2-3,6,14H,4-5,7H2,1H3,(H2,13,19). The van der Waals surface area contributed by atoms with E-state index >= 15 is 0 Å². The molecule has 0 bridgehead atoms. The molecule has 0 aliphatic carbocycles. The molecule has 0 heterocycles. The van der Waals surface area contributed by atoms with Crippen molar-refractivity contribution in [1.29, 1.82) is 0 Å². The molecule has 1 aromatic carbocycles. The summed E-state index contributed by atoms with van der Waals surface area (Å²) >= 11 is 4.70. The lowest BCUT2D eigenvalue weighted by molar-refractivity contribution is 0.572. The Balaban J connectivity index is 2.73. The number of rotatable bonds is 7. The first-order chi connectivity index (χ1) is 9.50. The summed E-state index contributed by atoms with van der Waals surface area (Å²) in [6, 6.07) is 3.96. The van der Waals surface area contributed by atoms with Crippen LogP contribution < -0.4 is 10.5 Å². The number of thiocarbonyl (C=S) groups is 1. The van der Waals surface area contributed by atoms with Gasteiger partial charge in [-0.25, -0.2) is 25.9 Å². The minimum atomic E-state index is -3.80. The second kappa shape index (κ2) is 6.77. The van der Waals surface area contributed by atoms with E-state index in [1.807, 2.05) is 0 Å². The number of sulfonamides is 1. The van der Waals surface area contributed by atoms with Gasteiger partial charge in [-0.2, -0.15) is 0 Å². The van der Waals surface area contributed by atoms with E-state index in [0.29, 0.717) is 5.56 Å². The molecule has 1 aromatic rings. The summed E-state index contributed by atoms with van der Waals surface area (Å²) in [4.78, 5) is 0.0363. The Bertz CT molecular complexity index is 745. The number of sulfone groups is 1. The molecule has 0 radical (unpaired) electrons. The molecular weight excluding hydrogens is 339 g/mol. The Labute approximate surface area is 128 Å². The lowest BCUT2D eigenvalue weighted by atomic mass is 10.1. The van der Waals surface area contributed by atoms with Crippen LogP contribution in [0.1, 0.15) is 11.1 Å². The van der Waals surface area contributed by atoms with Gasteiger partial charge in [0.1, 0.15) is 20.6 Å². The molecule has 0 amide bonds. The monoisotopic (exact) mass is 354 g/mol. The first-order valence-corrected chi connectivity index (χ1v) is 9.85. The van der Waals surface area contributed by atoms with Crippen molar-refractivity contribution in [1.82, 2.24) is 4.72 Å². The first-order valence-electron chi connectivity index (χ1n) is 5.73. The van der Waals surface area contributed by atoms with Crippen molar-refractivity contribution < 1.29 is 21.2 Å². The molecule has 21 heavy (non-hydrogen) atoms. The zero-order chi connectivity index (χ0) is 16.3. The van der Waals surface area contributed by atoms with Gasteiger partial charge in [0, 0.05) is 23.9 Å². The summed E-state index contributed by atoms with van der Waals surface area (Å²) < 4.78 is 60.9. The summed E-state index contributed by atoms with van der Waals surface area (Å²) in [5.74, 6) is -1.71. The van der Waals surface area contributed by atoms with E-state index in [2.05, 4.69) is 4.72 Å². The highest BCUT2D eigenvalue weighted by molar-refractivity contribution is 7.93. The molecule has 0 saturated heterocycles. The molecule has 0 aromatic heterocycles. The summed E-state index contributed by atoms with van der Waals surface area (Å²) in [5, 5.41) is 0. The molecule has 10 heteroatoms. The molecule has 3 N–H and O–H groups in total. The van der Waals surface area contributed by atoms with Crippen LogP contribution in [-0.4, -0.2) is 39.6 Å². The van der Waals surface area contributed by atoms with Gasteiger partial charge in [-0.1, -0.05) is 24.4 Å². The number of nitrogens with one attached hydrogen (secondary N) is 1. The number of halogens is 1. The van der Waals surface area contributed by atoms with Crippen molar-refractivity contribution in [2.45, 2.75) is 6.54 Å². The van der Waals surface area contributed by atoms with Crippen LogP contribution in [0.3, 0.4) is 0 Å². The SMILES string of the molecule is CS(=O)(=O)CCS(=O)(=O)NCc1ccc(C(N)=S)cc1F. The van der Waals surface area contributed by atoms with Crippen LogP contribution in [0.2, 0.25) is 0 Å². The van der Waals surface area contributed by atoms with Crippen molar-refractivity contribution in [3.8, 4) is 0 Å². The molecule has 0 unspecified atom stereocenters. The fourth-order valence-electron chi connectivity index (χ4n) is 1.36. The summed E-state index contributed by atoms with van der Waals surface area (Å²) in [5.41, 5.74) is 5.80. The highest BCUT2D eigenvalue weighted by Crippen LogP contribution is 2.11. The smallest absolute Gasteiger partial charge is 0.212 e. The van der Waals surface area contributed by atoms with E-state index in [9.17, 15) is 21.2 Å². The fraction of sp³-hybridized carbons (Fsp3) is 0.364. The second-order valence-corrected chi connectivity index (χ2v) is 9.07. The third-order valence-electron chi connectivity index (χ3n) is 2.54. The zero-order valence-corrected chi connectivity index (χ0v) is 13.6. The molecule has 0 atom stereocenters. The summed E-state index contributed by atoms with van der Waals surface area (Å²) in [6.07, 6.45) is 0.941.